The van der Waals surface area contributed by atoms with Gasteiger partial charge in [0.05, 0.1) is 0 Å². The number of nitrogens with zero attached hydrogens (tertiary/aromatic N) is 1. The van der Waals surface area contributed by atoms with Crippen molar-refractivity contribution in [2.45, 2.75) is 6.61 Å². The number of aliphatic imine (C=N–C) groups is 1. The second-order valence-electron chi connectivity index (χ2n) is 6.19. The maximum Gasteiger partial charge on any atom is 0.363 e. The van der Waals surface area contributed by atoms with Crippen LogP contribution in [0.25, 0.3) is 6.08 Å². The highest BCUT2D eigenvalue weighted by Gasteiger charge is 2.24. The molecule has 0 fully saturated rings. The molecule has 4 nitrogen and oxygen atoms in total. The molecule has 28 heavy (non-hydrogen) atoms. The van der Waals surface area contributed by atoms with Crippen LogP contribution in [0, 0.1) is 0 Å². The van der Waals surface area contributed by atoms with Crippen LogP contribution in [0.5, 0.6) is 5.75 Å². The fourth-order valence-electron chi connectivity index (χ4n) is 2.71. The average molecular weight is 390 g/mol. The lowest BCUT2D eigenvalue weighted by Crippen LogP contribution is -2.05. The normalized spacial score (nSPS) is 14.7. The minimum atomic E-state index is -0.487. The molecule has 0 atom stereocenters. The smallest absolute Gasteiger partial charge is 0.363 e. The quantitative estimate of drug-likeness (QED) is 0.441. The van der Waals surface area contributed by atoms with Crippen LogP contribution in [0.4, 0.5) is 0 Å². The van der Waals surface area contributed by atoms with E-state index in [1.165, 1.54) is 0 Å². The number of ether oxygens (including phenoxy) is 2. The van der Waals surface area contributed by atoms with Crippen LogP contribution in [0.1, 0.15) is 16.7 Å². The van der Waals surface area contributed by atoms with Gasteiger partial charge in [-0.3, -0.25) is 0 Å². The highest BCUT2D eigenvalue weighted by molar-refractivity contribution is 6.31. The van der Waals surface area contributed by atoms with E-state index in [0.717, 1.165) is 16.9 Å². The second-order valence-corrected chi connectivity index (χ2v) is 6.63. The molecule has 0 saturated carbocycles. The van der Waals surface area contributed by atoms with Crippen molar-refractivity contribution in [1.29, 1.82) is 0 Å². The number of carbonyl (C=O) groups excluding carboxylic acids is 1. The minimum absolute atomic E-state index is 0.243. The van der Waals surface area contributed by atoms with Crippen LogP contribution in [0.3, 0.4) is 0 Å². The van der Waals surface area contributed by atoms with Crippen molar-refractivity contribution < 1.29 is 14.3 Å². The SMILES string of the molecule is O=C1OC(c2cccc(Cl)c2)=NC1=Cc1ccc(OCc2ccccc2)cc1. The van der Waals surface area contributed by atoms with Gasteiger partial charge in [-0.2, -0.15) is 0 Å². The van der Waals surface area contributed by atoms with Crippen molar-refractivity contribution in [3.05, 3.63) is 106 Å². The molecule has 0 radical (unpaired) electrons. The summed E-state index contributed by atoms with van der Waals surface area (Å²) in [5.41, 5.74) is 2.84. The number of cyclic esters (lactones) is 1. The van der Waals surface area contributed by atoms with E-state index in [2.05, 4.69) is 4.99 Å². The van der Waals surface area contributed by atoms with Crippen molar-refractivity contribution >= 4 is 29.5 Å². The maximum absolute atomic E-state index is 12.1. The molecule has 1 heterocycles. The molecule has 138 valence electrons. The monoisotopic (exact) mass is 389 g/mol. The number of rotatable bonds is 5. The summed E-state index contributed by atoms with van der Waals surface area (Å²) in [6, 6.07) is 24.4. The summed E-state index contributed by atoms with van der Waals surface area (Å²) < 4.78 is 11.0. The number of carbonyl (C=O) groups is 1. The molecule has 0 aromatic heterocycles. The Morgan fingerprint density at radius 2 is 1.75 bits per heavy atom. The summed E-state index contributed by atoms with van der Waals surface area (Å²) in [5, 5.41) is 0.555. The first-order valence-electron chi connectivity index (χ1n) is 8.73. The number of halogens is 1. The first kappa shape index (κ1) is 18.0. The van der Waals surface area contributed by atoms with Crippen LogP contribution in [0.2, 0.25) is 5.02 Å². The third-order valence-corrected chi connectivity index (χ3v) is 4.36. The van der Waals surface area contributed by atoms with Crippen molar-refractivity contribution in [3.63, 3.8) is 0 Å². The first-order valence-corrected chi connectivity index (χ1v) is 9.10. The third kappa shape index (κ3) is 4.30. The molecule has 0 bridgehead atoms. The molecule has 0 aliphatic carbocycles. The average Bonchev–Trinajstić information content (AvgIpc) is 3.09. The van der Waals surface area contributed by atoms with Gasteiger partial charge >= 0.3 is 5.97 Å². The minimum Gasteiger partial charge on any atom is -0.489 e. The summed E-state index contributed by atoms with van der Waals surface area (Å²) in [4.78, 5) is 16.4. The van der Waals surface area contributed by atoms with Crippen molar-refractivity contribution in [3.8, 4) is 5.75 Å². The van der Waals surface area contributed by atoms with Crippen molar-refractivity contribution in [1.82, 2.24) is 0 Å². The lowest BCUT2D eigenvalue weighted by molar-refractivity contribution is -0.129. The lowest BCUT2D eigenvalue weighted by atomic mass is 10.2. The predicted molar refractivity (Wildman–Crippen MR) is 109 cm³/mol. The standard InChI is InChI=1S/C23H16ClNO3/c24-19-8-4-7-18(14-19)22-25-21(23(26)28-22)13-16-9-11-20(12-10-16)27-15-17-5-2-1-3-6-17/h1-14H,15H2. The highest BCUT2D eigenvalue weighted by Crippen LogP contribution is 2.22. The van der Waals surface area contributed by atoms with Gasteiger partial charge < -0.3 is 9.47 Å². The van der Waals surface area contributed by atoms with Gasteiger partial charge in [0, 0.05) is 10.6 Å². The molecule has 0 N–H and O–H groups in total. The zero-order valence-corrected chi connectivity index (χ0v) is 15.6. The summed E-state index contributed by atoms with van der Waals surface area (Å²) in [6.07, 6.45) is 1.68. The van der Waals surface area contributed by atoms with Gasteiger partial charge in [0.25, 0.3) is 0 Å². The maximum atomic E-state index is 12.1. The van der Waals surface area contributed by atoms with Crippen LogP contribution in [-0.4, -0.2) is 11.9 Å². The van der Waals surface area contributed by atoms with Gasteiger partial charge in [-0.1, -0.05) is 60.1 Å². The Kier molecular flexibility index (Phi) is 5.22. The third-order valence-electron chi connectivity index (χ3n) is 4.12. The molecule has 1 aliphatic heterocycles. The molecule has 4 rings (SSSR count). The molecule has 0 spiro atoms. The van der Waals surface area contributed by atoms with Gasteiger partial charge in [-0.25, -0.2) is 9.79 Å². The van der Waals surface area contributed by atoms with Crippen molar-refractivity contribution in [2.24, 2.45) is 4.99 Å². The predicted octanol–water partition coefficient (Wildman–Crippen LogP) is 5.26. The molecule has 1 aliphatic rings. The molecule has 3 aromatic carbocycles. The van der Waals surface area contributed by atoms with E-state index in [9.17, 15) is 4.79 Å². The van der Waals surface area contributed by atoms with Gasteiger partial charge in [0.1, 0.15) is 12.4 Å². The fourth-order valence-corrected chi connectivity index (χ4v) is 2.90. The summed E-state index contributed by atoms with van der Waals surface area (Å²) in [5.74, 6) is 0.518. The summed E-state index contributed by atoms with van der Waals surface area (Å²) in [6.45, 7) is 0.501. The Morgan fingerprint density at radius 3 is 2.50 bits per heavy atom. The van der Waals surface area contributed by atoms with Gasteiger partial charge in [-0.05, 0) is 47.5 Å². The van der Waals surface area contributed by atoms with E-state index in [0.29, 0.717) is 17.2 Å². The molecular weight excluding hydrogens is 374 g/mol. The van der Waals surface area contributed by atoms with E-state index in [1.54, 1.807) is 30.3 Å². The zero-order chi connectivity index (χ0) is 19.3. The van der Waals surface area contributed by atoms with Gasteiger partial charge in [0.15, 0.2) is 5.70 Å². The van der Waals surface area contributed by atoms with Crippen LogP contribution >= 0.6 is 11.6 Å². The topological polar surface area (TPSA) is 47.9 Å². The molecule has 0 unspecified atom stereocenters. The zero-order valence-electron chi connectivity index (χ0n) is 14.8. The van der Waals surface area contributed by atoms with E-state index in [-0.39, 0.29) is 11.6 Å². The van der Waals surface area contributed by atoms with Crippen LogP contribution in [-0.2, 0) is 16.1 Å². The van der Waals surface area contributed by atoms with E-state index in [1.807, 2.05) is 54.6 Å². The molecule has 0 amide bonds. The molecule has 3 aromatic rings. The van der Waals surface area contributed by atoms with E-state index < -0.39 is 5.97 Å². The number of benzene rings is 3. The molecule has 5 heteroatoms. The lowest BCUT2D eigenvalue weighted by Gasteiger charge is -2.06. The van der Waals surface area contributed by atoms with Crippen molar-refractivity contribution in [2.75, 3.05) is 0 Å². The second kappa shape index (κ2) is 8.11. The Morgan fingerprint density at radius 1 is 0.964 bits per heavy atom. The molecular formula is C23H16ClNO3. The Balaban J connectivity index is 1.47. The van der Waals surface area contributed by atoms with Crippen LogP contribution < -0.4 is 4.74 Å². The number of hydrogen-bond donors (Lipinski definition) is 0. The summed E-state index contributed by atoms with van der Waals surface area (Å²) in [7, 11) is 0. The Hall–Kier alpha value is -3.37. The van der Waals surface area contributed by atoms with Gasteiger partial charge in [-0.15, -0.1) is 0 Å². The first-order chi connectivity index (χ1) is 13.7. The van der Waals surface area contributed by atoms with E-state index in [4.69, 9.17) is 21.1 Å². The van der Waals surface area contributed by atoms with E-state index >= 15 is 0 Å². The largest absolute Gasteiger partial charge is 0.489 e. The fraction of sp³-hybridized carbons (Fsp3) is 0.0435. The van der Waals surface area contributed by atoms with Crippen LogP contribution in [0.15, 0.2) is 89.6 Å². The van der Waals surface area contributed by atoms with Gasteiger partial charge in [0.2, 0.25) is 5.90 Å². The Labute approximate surface area is 167 Å². The molecule has 0 saturated heterocycles. The Bertz CT molecular complexity index is 1060. The highest BCUT2D eigenvalue weighted by atomic mass is 35.5. The number of hydrogen-bond acceptors (Lipinski definition) is 4. The summed E-state index contributed by atoms with van der Waals surface area (Å²) >= 11 is 5.98. The number of esters is 1.